The molecule has 2 aromatic carbocycles. The van der Waals surface area contributed by atoms with Crippen LogP contribution >= 0.6 is 9.03 Å². The molecular formula is C25H37O2P. The topological polar surface area (TPSA) is 18.5 Å². The summed E-state index contributed by atoms with van der Waals surface area (Å²) >= 11 is 0. The van der Waals surface area contributed by atoms with Crippen LogP contribution in [0.5, 0.6) is 11.5 Å². The second-order valence-electron chi connectivity index (χ2n) is 10.3. The van der Waals surface area contributed by atoms with E-state index in [1.807, 2.05) is 12.1 Å². The molecule has 0 heterocycles. The first-order valence-corrected chi connectivity index (χ1v) is 11.0. The molecule has 2 nitrogen and oxygen atoms in total. The lowest BCUT2D eigenvalue weighted by atomic mass is 9.78. The molecule has 1 atom stereocenters. The maximum Gasteiger partial charge on any atom is 0.275 e. The molecule has 0 bridgehead atoms. The van der Waals surface area contributed by atoms with E-state index in [4.69, 9.17) is 9.05 Å². The molecule has 0 fully saturated rings. The minimum atomic E-state index is -0.0691. The van der Waals surface area contributed by atoms with Crippen molar-refractivity contribution in [2.24, 2.45) is 0 Å². The van der Waals surface area contributed by atoms with Gasteiger partial charge in [-0.15, -0.1) is 0 Å². The van der Waals surface area contributed by atoms with E-state index in [1.54, 1.807) is 0 Å². The van der Waals surface area contributed by atoms with Crippen molar-refractivity contribution in [3.8, 4) is 11.5 Å². The molecule has 0 aromatic heterocycles. The zero-order chi connectivity index (χ0) is 21.2. The monoisotopic (exact) mass is 400 g/mol. The zero-order valence-corrected chi connectivity index (χ0v) is 20.1. The maximum atomic E-state index is 6.10. The summed E-state index contributed by atoms with van der Waals surface area (Å²) in [6, 6.07) is 14.9. The van der Waals surface area contributed by atoms with Gasteiger partial charge in [-0.1, -0.05) is 86.6 Å². The summed E-state index contributed by atoms with van der Waals surface area (Å²) in [4.78, 5) is 0. The highest BCUT2D eigenvalue weighted by atomic mass is 31.1. The van der Waals surface area contributed by atoms with Crippen molar-refractivity contribution < 1.29 is 9.05 Å². The van der Waals surface area contributed by atoms with Gasteiger partial charge in [0.05, 0.1) is 0 Å². The summed E-state index contributed by atoms with van der Waals surface area (Å²) in [7, 11) is -0.0691. The van der Waals surface area contributed by atoms with Gasteiger partial charge in [-0.2, -0.15) is 0 Å². The third-order valence-electron chi connectivity index (χ3n) is 5.49. The molecule has 0 amide bonds. The van der Waals surface area contributed by atoms with Gasteiger partial charge in [-0.3, -0.25) is 0 Å². The highest BCUT2D eigenvalue weighted by molar-refractivity contribution is 7.27. The van der Waals surface area contributed by atoms with Gasteiger partial charge >= 0.3 is 0 Å². The predicted octanol–water partition coefficient (Wildman–Crippen LogP) is 7.94. The minimum Gasteiger partial charge on any atom is -0.441 e. The van der Waals surface area contributed by atoms with Crippen LogP contribution < -0.4 is 9.05 Å². The van der Waals surface area contributed by atoms with Crippen LogP contribution in [0.25, 0.3) is 0 Å². The Balaban J connectivity index is 2.15. The van der Waals surface area contributed by atoms with Gasteiger partial charge in [0.1, 0.15) is 11.5 Å². The Morgan fingerprint density at radius 3 is 1.75 bits per heavy atom. The number of rotatable bonds is 6. The molecule has 1 unspecified atom stereocenters. The average molecular weight is 401 g/mol. The van der Waals surface area contributed by atoms with Crippen molar-refractivity contribution in [2.45, 2.75) is 85.0 Å². The standard InChI is InChI=1S/C25H37O2P/c1-10-25(8,9)21-17-19(24(5,6)7)13-16-22(21)27-28-26-20-14-11-18(12-15-20)23(2,3)4/h11-17,28H,10H2,1-9H3. The molecule has 0 saturated heterocycles. The first-order chi connectivity index (χ1) is 12.8. The van der Waals surface area contributed by atoms with E-state index in [2.05, 4.69) is 92.6 Å². The summed E-state index contributed by atoms with van der Waals surface area (Å²) in [6.07, 6.45) is 1.05. The Kier molecular flexibility index (Phi) is 6.87. The van der Waals surface area contributed by atoms with Gasteiger partial charge in [0.2, 0.25) is 0 Å². The maximum absolute atomic E-state index is 6.10. The molecule has 28 heavy (non-hydrogen) atoms. The minimum absolute atomic E-state index is 0.0510. The number of hydrogen-bond acceptors (Lipinski definition) is 2. The quantitative estimate of drug-likeness (QED) is 0.458. The van der Waals surface area contributed by atoms with Crippen LogP contribution in [-0.2, 0) is 16.2 Å². The van der Waals surface area contributed by atoms with Crippen LogP contribution in [0.15, 0.2) is 42.5 Å². The van der Waals surface area contributed by atoms with E-state index in [0.717, 1.165) is 17.9 Å². The smallest absolute Gasteiger partial charge is 0.275 e. The van der Waals surface area contributed by atoms with Crippen LogP contribution in [0.2, 0.25) is 0 Å². The largest absolute Gasteiger partial charge is 0.441 e. The van der Waals surface area contributed by atoms with Crippen molar-refractivity contribution in [1.29, 1.82) is 0 Å². The second-order valence-corrected chi connectivity index (χ2v) is 10.8. The zero-order valence-electron chi connectivity index (χ0n) is 19.1. The molecular weight excluding hydrogens is 363 g/mol. The van der Waals surface area contributed by atoms with Gasteiger partial charge in [0, 0.05) is 5.56 Å². The Bertz CT molecular complexity index is 778. The van der Waals surface area contributed by atoms with Crippen molar-refractivity contribution >= 4 is 9.03 Å². The van der Waals surface area contributed by atoms with Crippen LogP contribution in [0.4, 0.5) is 0 Å². The molecule has 2 rings (SSSR count). The van der Waals surface area contributed by atoms with E-state index in [0.29, 0.717) is 0 Å². The van der Waals surface area contributed by atoms with Gasteiger partial charge in [0.25, 0.3) is 9.03 Å². The van der Waals surface area contributed by atoms with Crippen LogP contribution in [-0.4, -0.2) is 0 Å². The third-order valence-corrected chi connectivity index (χ3v) is 6.11. The van der Waals surface area contributed by atoms with E-state index in [1.165, 1.54) is 16.7 Å². The van der Waals surface area contributed by atoms with Crippen molar-refractivity contribution in [3.05, 3.63) is 59.2 Å². The average Bonchev–Trinajstić information content (AvgIpc) is 2.60. The summed E-state index contributed by atoms with van der Waals surface area (Å²) in [5.41, 5.74) is 4.20. The SMILES string of the molecule is CCC(C)(C)c1cc(C(C)(C)C)ccc1OPOc1ccc(C(C)(C)C)cc1. The van der Waals surface area contributed by atoms with Gasteiger partial charge in [0.15, 0.2) is 0 Å². The molecule has 0 aliphatic rings. The Hall–Kier alpha value is -1.53. The lowest BCUT2D eigenvalue weighted by molar-refractivity contribution is 0.462. The normalized spacial score (nSPS) is 13.2. The highest BCUT2D eigenvalue weighted by Gasteiger charge is 2.25. The van der Waals surface area contributed by atoms with Crippen LogP contribution in [0.1, 0.15) is 85.4 Å². The van der Waals surface area contributed by atoms with Crippen LogP contribution in [0.3, 0.4) is 0 Å². The summed E-state index contributed by atoms with van der Waals surface area (Å²) in [5, 5.41) is 0. The molecule has 2 aromatic rings. The first-order valence-electron chi connectivity index (χ1n) is 10.2. The van der Waals surface area contributed by atoms with Gasteiger partial charge < -0.3 is 9.05 Å². The van der Waals surface area contributed by atoms with E-state index in [9.17, 15) is 0 Å². The van der Waals surface area contributed by atoms with Crippen molar-refractivity contribution in [1.82, 2.24) is 0 Å². The summed E-state index contributed by atoms with van der Waals surface area (Å²) < 4.78 is 12.0. The fourth-order valence-corrected chi connectivity index (χ4v) is 3.48. The Morgan fingerprint density at radius 1 is 0.714 bits per heavy atom. The fraction of sp³-hybridized carbons (Fsp3) is 0.520. The molecule has 0 saturated carbocycles. The second kappa shape index (κ2) is 8.46. The third kappa shape index (κ3) is 5.74. The van der Waals surface area contributed by atoms with E-state index < -0.39 is 0 Å². The van der Waals surface area contributed by atoms with E-state index >= 15 is 0 Å². The summed E-state index contributed by atoms with van der Waals surface area (Å²) in [5.74, 6) is 1.76. The molecule has 154 valence electrons. The van der Waals surface area contributed by atoms with E-state index in [-0.39, 0.29) is 25.3 Å². The van der Waals surface area contributed by atoms with Gasteiger partial charge in [-0.05, 0) is 52.0 Å². The highest BCUT2D eigenvalue weighted by Crippen LogP contribution is 2.39. The van der Waals surface area contributed by atoms with Crippen LogP contribution in [0, 0.1) is 0 Å². The number of hydrogen-bond donors (Lipinski definition) is 0. The predicted molar refractivity (Wildman–Crippen MR) is 123 cm³/mol. The first kappa shape index (κ1) is 22.8. The Morgan fingerprint density at radius 2 is 1.25 bits per heavy atom. The Labute approximate surface area is 174 Å². The fourth-order valence-electron chi connectivity index (χ4n) is 2.94. The molecule has 0 aliphatic heterocycles. The number of benzene rings is 2. The molecule has 3 heteroatoms. The molecule has 0 radical (unpaired) electrons. The van der Waals surface area contributed by atoms with Crippen molar-refractivity contribution in [2.75, 3.05) is 0 Å². The lowest BCUT2D eigenvalue weighted by Gasteiger charge is -2.29. The van der Waals surface area contributed by atoms with Crippen molar-refractivity contribution in [3.63, 3.8) is 0 Å². The summed E-state index contributed by atoms with van der Waals surface area (Å²) in [6.45, 7) is 20.2. The molecule has 0 aliphatic carbocycles. The molecule has 0 N–H and O–H groups in total. The lowest BCUT2D eigenvalue weighted by Crippen LogP contribution is -2.19. The van der Waals surface area contributed by atoms with Gasteiger partial charge in [-0.25, -0.2) is 0 Å². The molecule has 0 spiro atoms.